The fourth-order valence-corrected chi connectivity index (χ4v) is 2.51. The number of urea groups is 1. The Morgan fingerprint density at radius 3 is 2.79 bits per heavy atom. The standard InChI is InChI=1S/C16H14Cl2N2O4/c17-10-1-3-13(12(18)7-10)20-16(21)19-5-6-22-11-2-4-14-15(8-11)24-9-23-14/h1-4,7-8H,5-6,9H2,(H2,19,20,21). The van der Waals surface area contributed by atoms with Gasteiger partial charge in [-0.05, 0) is 30.3 Å². The molecule has 1 aliphatic heterocycles. The maximum atomic E-state index is 11.8. The Hall–Kier alpha value is -2.31. The maximum absolute atomic E-state index is 11.8. The van der Waals surface area contributed by atoms with Crippen molar-refractivity contribution in [3.63, 3.8) is 0 Å². The van der Waals surface area contributed by atoms with Crippen LogP contribution in [0.5, 0.6) is 17.2 Å². The minimum atomic E-state index is -0.381. The number of anilines is 1. The van der Waals surface area contributed by atoms with Crippen LogP contribution in [0.1, 0.15) is 0 Å². The van der Waals surface area contributed by atoms with Crippen LogP contribution in [0.15, 0.2) is 36.4 Å². The number of hydrogen-bond donors (Lipinski definition) is 2. The normalized spacial score (nSPS) is 11.9. The van der Waals surface area contributed by atoms with Crippen molar-refractivity contribution in [2.45, 2.75) is 0 Å². The summed E-state index contributed by atoms with van der Waals surface area (Å²) in [6.07, 6.45) is 0. The first-order chi connectivity index (χ1) is 11.6. The number of hydrogen-bond acceptors (Lipinski definition) is 4. The van der Waals surface area contributed by atoms with E-state index in [1.807, 2.05) is 0 Å². The topological polar surface area (TPSA) is 68.8 Å². The highest BCUT2D eigenvalue weighted by atomic mass is 35.5. The Labute approximate surface area is 148 Å². The minimum absolute atomic E-state index is 0.216. The molecule has 6 nitrogen and oxygen atoms in total. The van der Waals surface area contributed by atoms with Gasteiger partial charge in [0.15, 0.2) is 11.5 Å². The quantitative estimate of drug-likeness (QED) is 0.784. The van der Waals surface area contributed by atoms with Crippen LogP contribution in [-0.2, 0) is 0 Å². The molecule has 2 aromatic rings. The summed E-state index contributed by atoms with van der Waals surface area (Å²) in [5, 5.41) is 6.18. The molecule has 0 atom stereocenters. The van der Waals surface area contributed by atoms with Crippen LogP contribution in [0.2, 0.25) is 10.0 Å². The molecule has 0 spiro atoms. The van der Waals surface area contributed by atoms with Crippen LogP contribution in [0.4, 0.5) is 10.5 Å². The summed E-state index contributed by atoms with van der Waals surface area (Å²) in [4.78, 5) is 11.8. The number of fused-ring (bicyclic) bond motifs is 1. The monoisotopic (exact) mass is 368 g/mol. The lowest BCUT2D eigenvalue weighted by atomic mass is 10.3. The second kappa shape index (κ2) is 7.51. The van der Waals surface area contributed by atoms with Crippen molar-refractivity contribution < 1.29 is 19.0 Å². The molecule has 0 fully saturated rings. The van der Waals surface area contributed by atoms with Crippen molar-refractivity contribution >= 4 is 34.9 Å². The summed E-state index contributed by atoms with van der Waals surface area (Å²) in [7, 11) is 0. The summed E-state index contributed by atoms with van der Waals surface area (Å²) < 4.78 is 16.0. The Bertz CT molecular complexity index is 755. The van der Waals surface area contributed by atoms with Crippen LogP contribution in [0.25, 0.3) is 0 Å². The van der Waals surface area contributed by atoms with Gasteiger partial charge in [0.25, 0.3) is 0 Å². The molecule has 126 valence electrons. The molecule has 24 heavy (non-hydrogen) atoms. The van der Waals surface area contributed by atoms with Gasteiger partial charge in [0.1, 0.15) is 12.4 Å². The zero-order valence-corrected chi connectivity index (χ0v) is 14.0. The largest absolute Gasteiger partial charge is 0.492 e. The van der Waals surface area contributed by atoms with Crippen molar-refractivity contribution in [1.82, 2.24) is 5.32 Å². The van der Waals surface area contributed by atoms with Crippen LogP contribution >= 0.6 is 23.2 Å². The van der Waals surface area contributed by atoms with E-state index in [9.17, 15) is 4.79 Å². The first-order valence-electron chi connectivity index (χ1n) is 7.14. The third-order valence-corrected chi connectivity index (χ3v) is 3.73. The molecule has 2 aromatic carbocycles. The van der Waals surface area contributed by atoms with Gasteiger partial charge in [-0.3, -0.25) is 0 Å². The zero-order valence-electron chi connectivity index (χ0n) is 12.5. The molecule has 0 saturated heterocycles. The highest BCUT2D eigenvalue weighted by Gasteiger charge is 2.13. The summed E-state index contributed by atoms with van der Waals surface area (Å²) in [5.74, 6) is 1.98. The average Bonchev–Trinajstić information content (AvgIpc) is 3.02. The summed E-state index contributed by atoms with van der Waals surface area (Å²) >= 11 is 11.8. The van der Waals surface area contributed by atoms with Crippen molar-refractivity contribution in [2.75, 3.05) is 25.3 Å². The highest BCUT2D eigenvalue weighted by molar-refractivity contribution is 6.36. The van der Waals surface area contributed by atoms with Gasteiger partial charge < -0.3 is 24.8 Å². The summed E-state index contributed by atoms with van der Waals surface area (Å²) in [6.45, 7) is 0.848. The number of carbonyl (C=O) groups is 1. The van der Waals surface area contributed by atoms with Crippen molar-refractivity contribution in [2.24, 2.45) is 0 Å². The van der Waals surface area contributed by atoms with Gasteiger partial charge in [0.2, 0.25) is 6.79 Å². The predicted octanol–water partition coefficient (Wildman–Crippen LogP) is 3.92. The van der Waals surface area contributed by atoms with Crippen LogP contribution < -0.4 is 24.8 Å². The van der Waals surface area contributed by atoms with Crippen molar-refractivity contribution in [3.05, 3.63) is 46.4 Å². The molecule has 0 aromatic heterocycles. The van der Waals surface area contributed by atoms with E-state index >= 15 is 0 Å². The van der Waals surface area contributed by atoms with Gasteiger partial charge in [-0.1, -0.05) is 23.2 Å². The molecule has 1 heterocycles. The number of halogens is 2. The molecular formula is C16H14Cl2N2O4. The molecule has 1 aliphatic rings. The van der Waals surface area contributed by atoms with Gasteiger partial charge in [-0.25, -0.2) is 4.79 Å². The zero-order chi connectivity index (χ0) is 16.9. The van der Waals surface area contributed by atoms with E-state index < -0.39 is 0 Å². The molecule has 0 saturated carbocycles. The fraction of sp³-hybridized carbons (Fsp3) is 0.188. The van der Waals surface area contributed by atoms with E-state index in [-0.39, 0.29) is 12.8 Å². The lowest BCUT2D eigenvalue weighted by Gasteiger charge is -2.10. The summed E-state index contributed by atoms with van der Waals surface area (Å²) in [5.41, 5.74) is 0.482. The first kappa shape index (κ1) is 16.5. The number of carbonyl (C=O) groups excluding carboxylic acids is 1. The molecule has 2 amide bonds. The molecule has 3 rings (SSSR count). The van der Waals surface area contributed by atoms with E-state index in [1.54, 1.807) is 36.4 Å². The van der Waals surface area contributed by atoms with Crippen LogP contribution in [-0.4, -0.2) is 26.0 Å². The third-order valence-electron chi connectivity index (χ3n) is 3.18. The Morgan fingerprint density at radius 1 is 1.12 bits per heavy atom. The predicted molar refractivity (Wildman–Crippen MR) is 91.5 cm³/mol. The SMILES string of the molecule is O=C(NCCOc1ccc2c(c1)OCO2)Nc1ccc(Cl)cc1Cl. The van der Waals surface area contributed by atoms with E-state index in [0.29, 0.717) is 46.1 Å². The number of benzene rings is 2. The molecule has 0 bridgehead atoms. The van der Waals surface area contributed by atoms with Crippen LogP contribution in [0.3, 0.4) is 0 Å². The third kappa shape index (κ3) is 4.15. The number of nitrogens with one attached hydrogen (secondary N) is 2. The molecule has 0 radical (unpaired) electrons. The van der Waals surface area contributed by atoms with Crippen LogP contribution in [0, 0.1) is 0 Å². The maximum Gasteiger partial charge on any atom is 0.319 e. The van der Waals surface area contributed by atoms with Gasteiger partial charge in [-0.15, -0.1) is 0 Å². The summed E-state index contributed by atoms with van der Waals surface area (Å²) in [6, 6.07) is 9.76. The van der Waals surface area contributed by atoms with E-state index in [4.69, 9.17) is 37.4 Å². The number of amides is 2. The molecule has 2 N–H and O–H groups in total. The lowest BCUT2D eigenvalue weighted by molar-refractivity contribution is 0.173. The van der Waals surface area contributed by atoms with E-state index in [2.05, 4.69) is 10.6 Å². The van der Waals surface area contributed by atoms with Gasteiger partial charge in [0, 0.05) is 11.1 Å². The minimum Gasteiger partial charge on any atom is -0.492 e. The highest BCUT2D eigenvalue weighted by Crippen LogP contribution is 2.35. The van der Waals surface area contributed by atoms with Crippen molar-refractivity contribution in [1.29, 1.82) is 0 Å². The van der Waals surface area contributed by atoms with Gasteiger partial charge in [-0.2, -0.15) is 0 Å². The van der Waals surface area contributed by atoms with E-state index in [1.165, 1.54) is 0 Å². The van der Waals surface area contributed by atoms with Gasteiger partial charge >= 0.3 is 6.03 Å². The second-order valence-electron chi connectivity index (χ2n) is 4.87. The molecule has 8 heteroatoms. The lowest BCUT2D eigenvalue weighted by Crippen LogP contribution is -2.32. The molecular weight excluding hydrogens is 355 g/mol. The molecule has 0 unspecified atom stereocenters. The first-order valence-corrected chi connectivity index (χ1v) is 7.90. The van der Waals surface area contributed by atoms with Crippen molar-refractivity contribution in [3.8, 4) is 17.2 Å². The second-order valence-corrected chi connectivity index (χ2v) is 5.71. The van der Waals surface area contributed by atoms with Gasteiger partial charge in [0.05, 0.1) is 17.3 Å². The Balaban J connectivity index is 1.42. The fourth-order valence-electron chi connectivity index (χ4n) is 2.06. The number of rotatable bonds is 5. The average molecular weight is 369 g/mol. The Morgan fingerprint density at radius 2 is 1.96 bits per heavy atom. The van der Waals surface area contributed by atoms with E-state index in [0.717, 1.165) is 0 Å². The smallest absolute Gasteiger partial charge is 0.319 e. The number of ether oxygens (including phenoxy) is 3. The molecule has 0 aliphatic carbocycles. The Kier molecular flexibility index (Phi) is 5.17.